The molecule has 0 saturated heterocycles. The van der Waals surface area contributed by atoms with Gasteiger partial charge in [-0.15, -0.1) is 0 Å². The summed E-state index contributed by atoms with van der Waals surface area (Å²) < 4.78 is 5.31. The number of hydrogen-bond donors (Lipinski definition) is 0. The van der Waals surface area contributed by atoms with Crippen molar-refractivity contribution >= 4 is 17.4 Å². The molecule has 2 heterocycles. The van der Waals surface area contributed by atoms with Gasteiger partial charge in [0.25, 0.3) is 0 Å². The molecule has 0 spiro atoms. The summed E-state index contributed by atoms with van der Waals surface area (Å²) in [5, 5.41) is 11.2. The van der Waals surface area contributed by atoms with Gasteiger partial charge in [-0.3, -0.25) is 4.98 Å². The van der Waals surface area contributed by atoms with Crippen molar-refractivity contribution < 1.29 is 9.66 Å². The van der Waals surface area contributed by atoms with Gasteiger partial charge < -0.3 is 14.9 Å². The van der Waals surface area contributed by atoms with Gasteiger partial charge in [0.05, 0.1) is 5.69 Å². The second-order valence-electron chi connectivity index (χ2n) is 3.34. The summed E-state index contributed by atoms with van der Waals surface area (Å²) in [5.74, 6) is -0.219. The summed E-state index contributed by atoms with van der Waals surface area (Å²) >= 11 is 5.79. The van der Waals surface area contributed by atoms with E-state index in [1.54, 1.807) is 24.4 Å². The molecule has 0 bridgehead atoms. The molecular formula is C11H8ClN3O3. The number of pyridine rings is 2. The van der Waals surface area contributed by atoms with Crippen LogP contribution in [0.5, 0.6) is 5.75 Å². The molecule has 92 valence electrons. The molecule has 0 amide bonds. The Morgan fingerprint density at radius 3 is 2.89 bits per heavy atom. The van der Waals surface area contributed by atoms with Crippen LogP contribution in [0.2, 0.25) is 5.02 Å². The number of nitrogens with zero attached hydrogens (tertiary/aromatic N) is 3. The smallest absolute Gasteiger partial charge is 0.406 e. The first-order valence-corrected chi connectivity index (χ1v) is 5.37. The van der Waals surface area contributed by atoms with Gasteiger partial charge in [0.15, 0.2) is 0 Å². The van der Waals surface area contributed by atoms with Crippen LogP contribution in [0.25, 0.3) is 0 Å². The summed E-state index contributed by atoms with van der Waals surface area (Å²) in [6.07, 6.45) is 2.88. The molecule has 0 saturated carbocycles. The minimum Gasteiger partial charge on any atom is -0.479 e. The van der Waals surface area contributed by atoms with Crippen molar-refractivity contribution in [2.75, 3.05) is 0 Å². The van der Waals surface area contributed by atoms with Crippen LogP contribution in [0.15, 0.2) is 36.7 Å². The van der Waals surface area contributed by atoms with Crippen LogP contribution < -0.4 is 4.74 Å². The topological polar surface area (TPSA) is 78.2 Å². The predicted octanol–water partition coefficient (Wildman–Crippen LogP) is 2.62. The number of aromatic nitrogens is 2. The Balaban J connectivity index is 2.13. The Morgan fingerprint density at radius 2 is 2.17 bits per heavy atom. The summed E-state index contributed by atoms with van der Waals surface area (Å²) in [7, 11) is 0. The van der Waals surface area contributed by atoms with Gasteiger partial charge in [0.1, 0.15) is 12.8 Å². The number of ether oxygens (including phenoxy) is 1. The molecule has 0 unspecified atom stereocenters. The van der Waals surface area contributed by atoms with E-state index < -0.39 is 4.92 Å². The van der Waals surface area contributed by atoms with Crippen LogP contribution >= 0.6 is 11.6 Å². The van der Waals surface area contributed by atoms with E-state index in [0.29, 0.717) is 10.7 Å². The predicted molar refractivity (Wildman–Crippen MR) is 64.5 cm³/mol. The quantitative estimate of drug-likeness (QED) is 0.627. The van der Waals surface area contributed by atoms with Gasteiger partial charge in [0, 0.05) is 11.2 Å². The largest absolute Gasteiger partial charge is 0.479 e. The molecule has 0 aromatic carbocycles. The first-order chi connectivity index (χ1) is 8.66. The summed E-state index contributed by atoms with van der Waals surface area (Å²) in [4.78, 5) is 17.8. The fraction of sp³-hybridized carbons (Fsp3) is 0.0909. The maximum Gasteiger partial charge on any atom is 0.406 e. The Bertz CT molecular complexity index is 577. The average molecular weight is 266 g/mol. The molecule has 2 aromatic rings. The van der Waals surface area contributed by atoms with E-state index in [2.05, 4.69) is 9.97 Å². The molecular weight excluding hydrogens is 258 g/mol. The fourth-order valence-electron chi connectivity index (χ4n) is 1.31. The summed E-state index contributed by atoms with van der Waals surface area (Å²) in [5.41, 5.74) is 0.584. The van der Waals surface area contributed by atoms with E-state index in [1.165, 1.54) is 12.3 Å². The second-order valence-corrected chi connectivity index (χ2v) is 3.77. The molecule has 0 atom stereocenters. The van der Waals surface area contributed by atoms with Crippen molar-refractivity contribution in [3.63, 3.8) is 0 Å². The number of rotatable bonds is 4. The van der Waals surface area contributed by atoms with Crippen LogP contribution in [0.3, 0.4) is 0 Å². The molecule has 6 nitrogen and oxygen atoms in total. The molecule has 0 radical (unpaired) electrons. The highest BCUT2D eigenvalue weighted by atomic mass is 35.5. The van der Waals surface area contributed by atoms with Crippen molar-refractivity contribution in [3.05, 3.63) is 57.5 Å². The Labute approximate surface area is 107 Å². The zero-order chi connectivity index (χ0) is 13.0. The Morgan fingerprint density at radius 1 is 1.33 bits per heavy atom. The SMILES string of the molecule is O=[N+]([O-])c1ncccc1OCc1cc(Cl)ccn1. The molecule has 2 aromatic heterocycles. The van der Waals surface area contributed by atoms with Crippen molar-refractivity contribution in [1.29, 1.82) is 0 Å². The monoisotopic (exact) mass is 265 g/mol. The fourth-order valence-corrected chi connectivity index (χ4v) is 1.49. The van der Waals surface area contributed by atoms with Crippen molar-refractivity contribution in [1.82, 2.24) is 9.97 Å². The molecule has 0 aliphatic carbocycles. The van der Waals surface area contributed by atoms with E-state index in [-0.39, 0.29) is 18.2 Å². The number of nitro groups is 1. The van der Waals surface area contributed by atoms with E-state index >= 15 is 0 Å². The molecule has 18 heavy (non-hydrogen) atoms. The second kappa shape index (κ2) is 5.42. The highest BCUT2D eigenvalue weighted by Crippen LogP contribution is 2.23. The molecule has 0 fully saturated rings. The van der Waals surface area contributed by atoms with Crippen molar-refractivity contribution in [2.24, 2.45) is 0 Å². The van der Waals surface area contributed by atoms with Crippen LogP contribution in [0.4, 0.5) is 5.82 Å². The van der Waals surface area contributed by atoms with Gasteiger partial charge in [-0.2, -0.15) is 0 Å². The lowest BCUT2D eigenvalue weighted by molar-refractivity contribution is -0.390. The van der Waals surface area contributed by atoms with Gasteiger partial charge in [0.2, 0.25) is 5.75 Å². The average Bonchev–Trinajstić information content (AvgIpc) is 2.37. The minimum absolute atomic E-state index is 0.0904. The third kappa shape index (κ3) is 2.92. The molecule has 0 aliphatic rings. The van der Waals surface area contributed by atoms with Gasteiger partial charge in [-0.25, -0.2) is 0 Å². The van der Waals surface area contributed by atoms with Crippen molar-refractivity contribution in [2.45, 2.75) is 6.61 Å². The molecule has 0 N–H and O–H groups in total. The molecule has 0 aliphatic heterocycles. The number of hydrogen-bond acceptors (Lipinski definition) is 5. The standard InChI is InChI=1S/C11H8ClN3O3/c12-8-3-5-13-9(6-8)7-18-10-2-1-4-14-11(10)15(16)17/h1-6H,7H2. The van der Waals surface area contributed by atoms with Crippen LogP contribution in [0, 0.1) is 10.1 Å². The van der Waals surface area contributed by atoms with Crippen LogP contribution in [0.1, 0.15) is 5.69 Å². The van der Waals surface area contributed by atoms with Gasteiger partial charge >= 0.3 is 5.82 Å². The lowest BCUT2D eigenvalue weighted by Crippen LogP contribution is -2.01. The van der Waals surface area contributed by atoms with E-state index in [1.807, 2.05) is 0 Å². The maximum atomic E-state index is 10.7. The normalized spacial score (nSPS) is 10.1. The first-order valence-electron chi connectivity index (χ1n) is 4.99. The highest BCUT2D eigenvalue weighted by Gasteiger charge is 2.15. The van der Waals surface area contributed by atoms with Crippen LogP contribution in [-0.4, -0.2) is 14.9 Å². The van der Waals surface area contributed by atoms with E-state index in [0.717, 1.165) is 0 Å². The first kappa shape index (κ1) is 12.3. The Kier molecular flexibility index (Phi) is 3.69. The third-order valence-electron chi connectivity index (χ3n) is 2.08. The zero-order valence-electron chi connectivity index (χ0n) is 9.12. The third-order valence-corrected chi connectivity index (χ3v) is 2.31. The van der Waals surface area contributed by atoms with Gasteiger partial charge in [-0.05, 0) is 34.2 Å². The van der Waals surface area contributed by atoms with Crippen molar-refractivity contribution in [3.8, 4) is 5.75 Å². The van der Waals surface area contributed by atoms with E-state index in [4.69, 9.17) is 16.3 Å². The zero-order valence-corrected chi connectivity index (χ0v) is 9.87. The van der Waals surface area contributed by atoms with Gasteiger partial charge in [-0.1, -0.05) is 11.6 Å². The lowest BCUT2D eigenvalue weighted by atomic mass is 10.3. The molecule has 7 heteroatoms. The van der Waals surface area contributed by atoms with Crippen LogP contribution in [-0.2, 0) is 6.61 Å². The molecule has 2 rings (SSSR count). The summed E-state index contributed by atoms with van der Waals surface area (Å²) in [6.45, 7) is 0.0904. The minimum atomic E-state index is -0.596. The Hall–Kier alpha value is -2.21. The van der Waals surface area contributed by atoms with E-state index in [9.17, 15) is 10.1 Å². The number of halogens is 1. The maximum absolute atomic E-state index is 10.7. The highest BCUT2D eigenvalue weighted by molar-refractivity contribution is 6.30. The summed E-state index contributed by atoms with van der Waals surface area (Å²) in [6, 6.07) is 6.31. The lowest BCUT2D eigenvalue weighted by Gasteiger charge is -2.05.